The van der Waals surface area contributed by atoms with Gasteiger partial charge in [0, 0.05) is 6.54 Å². The number of carbonyl (C=O) groups excluding carboxylic acids is 4. The van der Waals surface area contributed by atoms with Gasteiger partial charge in [0.25, 0.3) is 11.8 Å². The summed E-state index contributed by atoms with van der Waals surface area (Å²) in [5.74, 6) is -1.02. The van der Waals surface area contributed by atoms with Gasteiger partial charge in [0.15, 0.2) is 6.61 Å². The molecule has 0 radical (unpaired) electrons. The van der Waals surface area contributed by atoms with Crippen LogP contribution in [0.25, 0.3) is 0 Å². The summed E-state index contributed by atoms with van der Waals surface area (Å²) in [5.41, 5.74) is 4.60. The Kier molecular flexibility index (Phi) is 11.0. The van der Waals surface area contributed by atoms with Gasteiger partial charge < -0.3 is 20.1 Å². The lowest BCUT2D eigenvalue weighted by atomic mass is 10.0. The third-order valence-electron chi connectivity index (χ3n) is 3.92. The minimum Gasteiger partial charge on any atom is -0.444 e. The van der Waals surface area contributed by atoms with Crippen molar-refractivity contribution < 1.29 is 28.7 Å². The Hall–Kier alpha value is -3.30. The van der Waals surface area contributed by atoms with Crippen molar-refractivity contribution in [1.29, 1.82) is 0 Å². The number of rotatable bonds is 9. The Morgan fingerprint density at radius 3 is 2.22 bits per heavy atom. The van der Waals surface area contributed by atoms with E-state index in [4.69, 9.17) is 9.47 Å². The molecule has 0 spiro atoms. The molecule has 10 heteroatoms. The fourth-order valence-corrected chi connectivity index (χ4v) is 2.56. The van der Waals surface area contributed by atoms with Crippen molar-refractivity contribution in [3.05, 3.63) is 35.9 Å². The third kappa shape index (κ3) is 12.4. The first-order chi connectivity index (χ1) is 15.0. The molecule has 0 aliphatic rings. The molecule has 0 heterocycles. The van der Waals surface area contributed by atoms with Crippen LogP contribution in [0, 0.1) is 5.92 Å². The van der Waals surface area contributed by atoms with Crippen LogP contribution in [-0.4, -0.2) is 48.8 Å². The molecule has 1 aromatic carbocycles. The Morgan fingerprint density at radius 1 is 0.969 bits per heavy atom. The van der Waals surface area contributed by atoms with Gasteiger partial charge in [-0.05, 0) is 45.1 Å². The van der Waals surface area contributed by atoms with Crippen LogP contribution in [0.3, 0.4) is 0 Å². The van der Waals surface area contributed by atoms with E-state index < -0.39 is 42.3 Å². The maximum Gasteiger partial charge on any atom is 0.426 e. The molecule has 1 atom stereocenters. The second-order valence-electron chi connectivity index (χ2n) is 8.60. The second-order valence-corrected chi connectivity index (χ2v) is 8.60. The maximum atomic E-state index is 12.4. The van der Waals surface area contributed by atoms with Crippen molar-refractivity contribution in [2.24, 2.45) is 5.92 Å². The number of benzene rings is 1. The van der Waals surface area contributed by atoms with Gasteiger partial charge in [-0.15, -0.1) is 0 Å². The Morgan fingerprint density at radius 2 is 1.62 bits per heavy atom. The first-order valence-electron chi connectivity index (χ1n) is 10.5. The van der Waals surface area contributed by atoms with Gasteiger partial charge in [0.1, 0.15) is 11.6 Å². The monoisotopic (exact) mass is 450 g/mol. The normalized spacial score (nSPS) is 11.8. The van der Waals surface area contributed by atoms with E-state index in [0.29, 0.717) is 19.4 Å². The van der Waals surface area contributed by atoms with Gasteiger partial charge in [0.2, 0.25) is 0 Å². The Bertz CT molecular complexity index is 761. The van der Waals surface area contributed by atoms with Gasteiger partial charge in [-0.2, -0.15) is 0 Å². The van der Waals surface area contributed by atoms with E-state index in [1.807, 2.05) is 44.2 Å². The summed E-state index contributed by atoms with van der Waals surface area (Å²) in [6.07, 6.45) is -0.771. The first-order valence-corrected chi connectivity index (χ1v) is 10.5. The van der Waals surface area contributed by atoms with E-state index in [9.17, 15) is 19.2 Å². The van der Waals surface area contributed by atoms with Crippen LogP contribution in [0.4, 0.5) is 9.59 Å². The summed E-state index contributed by atoms with van der Waals surface area (Å²) in [7, 11) is 0. The lowest BCUT2D eigenvalue weighted by molar-refractivity contribution is -0.124. The molecule has 0 aliphatic carbocycles. The summed E-state index contributed by atoms with van der Waals surface area (Å²) >= 11 is 0. The largest absolute Gasteiger partial charge is 0.444 e. The van der Waals surface area contributed by atoms with Gasteiger partial charge in [0.05, 0.1) is 0 Å². The van der Waals surface area contributed by atoms with Crippen LogP contribution < -0.4 is 21.5 Å². The molecule has 0 fully saturated rings. The molecule has 0 saturated heterocycles. The third-order valence-corrected chi connectivity index (χ3v) is 3.92. The SMILES string of the molecule is CC(C)C[C@@H](NC(=O)OC(C)(C)C)C(=O)NNC(=O)OCC(=O)NCCc1ccccc1. The lowest BCUT2D eigenvalue weighted by Gasteiger charge is -2.24. The van der Waals surface area contributed by atoms with E-state index in [2.05, 4.69) is 21.5 Å². The average Bonchev–Trinajstić information content (AvgIpc) is 2.69. The number of alkyl carbamates (subject to hydrolysis) is 1. The zero-order valence-electron chi connectivity index (χ0n) is 19.3. The molecule has 0 saturated carbocycles. The molecule has 32 heavy (non-hydrogen) atoms. The van der Waals surface area contributed by atoms with Crippen LogP contribution in [0.1, 0.15) is 46.6 Å². The molecule has 0 bridgehead atoms. The van der Waals surface area contributed by atoms with Gasteiger partial charge >= 0.3 is 12.2 Å². The van der Waals surface area contributed by atoms with Crippen LogP contribution in [0.2, 0.25) is 0 Å². The van der Waals surface area contributed by atoms with Gasteiger partial charge in [-0.1, -0.05) is 44.2 Å². The smallest absolute Gasteiger partial charge is 0.426 e. The van der Waals surface area contributed by atoms with Crippen molar-refractivity contribution in [1.82, 2.24) is 21.5 Å². The number of carbonyl (C=O) groups is 4. The fraction of sp³-hybridized carbons (Fsp3) is 0.545. The average molecular weight is 451 g/mol. The highest BCUT2D eigenvalue weighted by atomic mass is 16.6. The molecule has 4 amide bonds. The maximum absolute atomic E-state index is 12.4. The Labute approximate surface area is 188 Å². The molecule has 10 nitrogen and oxygen atoms in total. The number of hydrogen-bond donors (Lipinski definition) is 4. The highest BCUT2D eigenvalue weighted by Crippen LogP contribution is 2.09. The van der Waals surface area contributed by atoms with E-state index in [-0.39, 0.29) is 5.92 Å². The van der Waals surface area contributed by atoms with Crippen molar-refractivity contribution in [2.75, 3.05) is 13.2 Å². The van der Waals surface area contributed by atoms with Crippen molar-refractivity contribution in [2.45, 2.75) is 59.1 Å². The molecule has 0 aliphatic heterocycles. The summed E-state index contributed by atoms with van der Waals surface area (Å²) in [4.78, 5) is 47.9. The summed E-state index contributed by atoms with van der Waals surface area (Å²) in [5, 5.41) is 5.12. The minimum atomic E-state index is -1.00. The standard InChI is InChI=1S/C22H34N4O6/c1-15(2)13-17(24-20(29)32-22(3,4)5)19(28)25-26-21(30)31-14-18(27)23-12-11-16-9-7-6-8-10-16/h6-10,15,17H,11-14H2,1-5H3,(H,23,27)(H,24,29)(H,25,28)(H,26,30)/t17-/m1/s1. The van der Waals surface area contributed by atoms with E-state index in [1.165, 1.54) is 0 Å². The highest BCUT2D eigenvalue weighted by Gasteiger charge is 2.25. The van der Waals surface area contributed by atoms with Crippen LogP contribution >= 0.6 is 0 Å². The predicted molar refractivity (Wildman–Crippen MR) is 118 cm³/mol. The quantitative estimate of drug-likeness (QED) is 0.425. The molecule has 178 valence electrons. The second kappa shape index (κ2) is 13.2. The number of hydrazine groups is 1. The van der Waals surface area contributed by atoms with E-state index >= 15 is 0 Å². The van der Waals surface area contributed by atoms with E-state index in [1.54, 1.807) is 20.8 Å². The zero-order valence-corrected chi connectivity index (χ0v) is 19.3. The van der Waals surface area contributed by atoms with Crippen molar-refractivity contribution in [3.8, 4) is 0 Å². The topological polar surface area (TPSA) is 135 Å². The molecular formula is C22H34N4O6. The Balaban J connectivity index is 2.36. The molecule has 0 unspecified atom stereocenters. The predicted octanol–water partition coefficient (Wildman–Crippen LogP) is 2.04. The summed E-state index contributed by atoms with van der Waals surface area (Å²) < 4.78 is 9.94. The summed E-state index contributed by atoms with van der Waals surface area (Å²) in [6, 6.07) is 8.70. The number of ether oxygens (including phenoxy) is 2. The van der Waals surface area contributed by atoms with Crippen molar-refractivity contribution >= 4 is 24.0 Å². The summed E-state index contributed by atoms with van der Waals surface area (Å²) in [6.45, 7) is 8.79. The molecule has 4 N–H and O–H groups in total. The highest BCUT2D eigenvalue weighted by molar-refractivity contribution is 5.87. The number of nitrogens with one attached hydrogen (secondary N) is 4. The van der Waals surface area contributed by atoms with Crippen LogP contribution in [0.5, 0.6) is 0 Å². The first kappa shape index (κ1) is 26.7. The van der Waals surface area contributed by atoms with Gasteiger partial charge in [-0.3, -0.25) is 15.0 Å². The molecule has 0 aromatic heterocycles. The zero-order chi connectivity index (χ0) is 24.1. The molecule has 1 rings (SSSR count). The molecular weight excluding hydrogens is 416 g/mol. The number of hydrogen-bond acceptors (Lipinski definition) is 6. The minimum absolute atomic E-state index is 0.0900. The van der Waals surface area contributed by atoms with Crippen LogP contribution in [0.15, 0.2) is 30.3 Å². The van der Waals surface area contributed by atoms with E-state index in [0.717, 1.165) is 5.56 Å². The number of amides is 4. The molecule has 1 aromatic rings. The fourth-order valence-electron chi connectivity index (χ4n) is 2.56. The van der Waals surface area contributed by atoms with Crippen molar-refractivity contribution in [3.63, 3.8) is 0 Å². The van der Waals surface area contributed by atoms with Crippen LogP contribution in [-0.2, 0) is 25.5 Å². The lowest BCUT2D eigenvalue weighted by Crippen LogP contribution is -2.53. The van der Waals surface area contributed by atoms with Gasteiger partial charge in [-0.25, -0.2) is 15.0 Å².